The maximum atomic E-state index is 11.3. The van der Waals surface area contributed by atoms with Crippen LogP contribution in [0.25, 0.3) is 0 Å². The lowest BCUT2D eigenvalue weighted by molar-refractivity contribution is -0.122. The Morgan fingerprint density at radius 1 is 1.42 bits per heavy atom. The minimum Gasteiger partial charge on any atom is -0.367 e. The summed E-state index contributed by atoms with van der Waals surface area (Å²) in [6, 6.07) is 0. The van der Waals surface area contributed by atoms with E-state index >= 15 is 0 Å². The largest absolute Gasteiger partial charge is 0.367 e. The van der Waals surface area contributed by atoms with Crippen molar-refractivity contribution in [2.75, 3.05) is 6.61 Å². The lowest BCUT2D eigenvalue weighted by Crippen LogP contribution is -2.26. The molecule has 0 aromatic rings. The summed E-state index contributed by atoms with van der Waals surface area (Å²) in [5.41, 5.74) is 0. The van der Waals surface area contributed by atoms with E-state index in [1.807, 2.05) is 24.3 Å². The third-order valence-electron chi connectivity index (χ3n) is 1.95. The van der Waals surface area contributed by atoms with Gasteiger partial charge < -0.3 is 4.74 Å². The van der Waals surface area contributed by atoms with Gasteiger partial charge in [0, 0.05) is 6.21 Å². The summed E-state index contributed by atoms with van der Waals surface area (Å²) in [6.07, 6.45) is 8.85. The molecule has 1 aliphatic carbocycles. The van der Waals surface area contributed by atoms with E-state index in [1.165, 1.54) is 6.21 Å². The van der Waals surface area contributed by atoms with Crippen LogP contribution in [0.3, 0.4) is 0 Å². The van der Waals surface area contributed by atoms with E-state index < -0.39 is 0 Å². The van der Waals surface area contributed by atoms with E-state index in [1.54, 1.807) is 0 Å². The Balaban J connectivity index is 2.26. The van der Waals surface area contributed by atoms with Gasteiger partial charge in [-0.05, 0) is 0 Å². The molecule has 0 radical (unpaired) electrons. The van der Waals surface area contributed by atoms with Gasteiger partial charge in [0.1, 0.15) is 0 Å². The number of fused-ring (bicyclic) bond motifs is 1. The van der Waals surface area contributed by atoms with Crippen molar-refractivity contribution in [2.24, 2.45) is 10.9 Å². The second kappa shape index (κ2) is 3.03. The topological polar surface area (TPSA) is 38.7 Å². The van der Waals surface area contributed by atoms with Crippen molar-refractivity contribution in [2.45, 2.75) is 6.10 Å². The number of carbonyl (C=O) groups excluding carboxylic acids is 1. The minimum absolute atomic E-state index is 0.113. The van der Waals surface area contributed by atoms with Gasteiger partial charge in [-0.25, -0.2) is 4.99 Å². The molecule has 1 heterocycles. The van der Waals surface area contributed by atoms with Gasteiger partial charge in [0.2, 0.25) is 0 Å². The molecule has 0 spiro atoms. The number of hydrogen-bond donors (Lipinski definition) is 0. The van der Waals surface area contributed by atoms with Gasteiger partial charge in [-0.1, -0.05) is 24.3 Å². The van der Waals surface area contributed by atoms with Gasteiger partial charge in [0.25, 0.3) is 5.91 Å². The van der Waals surface area contributed by atoms with Crippen LogP contribution in [0, 0.1) is 5.92 Å². The molecule has 0 fully saturated rings. The van der Waals surface area contributed by atoms with Crippen molar-refractivity contribution in [3.8, 4) is 0 Å². The smallest absolute Gasteiger partial charge is 0.255 e. The monoisotopic (exact) mass is 163 g/mol. The standard InChI is InChI=1S/C9H9NO2/c11-9-7-3-1-2-4-8(7)12-6-5-10-9/h1-5,7-8H,6H2. The minimum atomic E-state index is -0.214. The van der Waals surface area contributed by atoms with Crippen LogP contribution in [0.4, 0.5) is 0 Å². The summed E-state index contributed by atoms with van der Waals surface area (Å²) in [5, 5.41) is 0. The Labute approximate surface area is 70.4 Å². The highest BCUT2D eigenvalue weighted by atomic mass is 16.5. The second-order valence-electron chi connectivity index (χ2n) is 2.74. The molecule has 1 aliphatic heterocycles. The first kappa shape index (κ1) is 7.43. The summed E-state index contributed by atoms with van der Waals surface area (Å²) in [6.45, 7) is 0.422. The molecule has 0 bridgehead atoms. The van der Waals surface area contributed by atoms with Crippen LogP contribution in [0.2, 0.25) is 0 Å². The summed E-state index contributed by atoms with van der Waals surface area (Å²) >= 11 is 0. The normalized spacial score (nSPS) is 33.2. The molecule has 3 heteroatoms. The van der Waals surface area contributed by atoms with Gasteiger partial charge in [0.05, 0.1) is 18.6 Å². The zero-order valence-corrected chi connectivity index (χ0v) is 6.51. The van der Waals surface area contributed by atoms with Gasteiger partial charge in [0.15, 0.2) is 0 Å². The quantitative estimate of drug-likeness (QED) is 0.528. The van der Waals surface area contributed by atoms with Crippen LogP contribution < -0.4 is 0 Å². The number of aliphatic imine (C=N–C) groups is 1. The number of allylic oxidation sites excluding steroid dienone is 2. The third kappa shape index (κ3) is 1.23. The van der Waals surface area contributed by atoms with Crippen LogP contribution in [0.5, 0.6) is 0 Å². The molecule has 62 valence electrons. The molecule has 0 aromatic heterocycles. The molecular weight excluding hydrogens is 154 g/mol. The molecule has 2 rings (SSSR count). The fourth-order valence-corrected chi connectivity index (χ4v) is 1.34. The summed E-state index contributed by atoms with van der Waals surface area (Å²) in [5.74, 6) is -0.327. The van der Waals surface area contributed by atoms with Gasteiger partial charge in [-0.3, -0.25) is 4.79 Å². The molecule has 2 atom stereocenters. The molecule has 2 aliphatic rings. The van der Waals surface area contributed by atoms with E-state index in [0.717, 1.165) is 0 Å². The van der Waals surface area contributed by atoms with E-state index in [2.05, 4.69) is 4.99 Å². The van der Waals surface area contributed by atoms with Gasteiger partial charge in [-0.2, -0.15) is 0 Å². The van der Waals surface area contributed by atoms with Crippen molar-refractivity contribution in [3.63, 3.8) is 0 Å². The van der Waals surface area contributed by atoms with Crippen molar-refractivity contribution < 1.29 is 9.53 Å². The predicted octanol–water partition coefficient (Wildman–Crippen LogP) is 0.725. The van der Waals surface area contributed by atoms with Crippen molar-refractivity contribution >= 4 is 12.1 Å². The average Bonchev–Trinajstić information content (AvgIpc) is 2.29. The Hall–Kier alpha value is -1.22. The van der Waals surface area contributed by atoms with Crippen molar-refractivity contribution in [1.82, 2.24) is 0 Å². The number of amides is 1. The Kier molecular flexibility index (Phi) is 1.87. The third-order valence-corrected chi connectivity index (χ3v) is 1.95. The molecule has 0 saturated carbocycles. The Morgan fingerprint density at radius 2 is 2.25 bits per heavy atom. The highest BCUT2D eigenvalue weighted by Crippen LogP contribution is 2.18. The number of carbonyl (C=O) groups is 1. The first-order valence-electron chi connectivity index (χ1n) is 3.91. The van der Waals surface area contributed by atoms with E-state index in [0.29, 0.717) is 6.61 Å². The maximum absolute atomic E-state index is 11.3. The van der Waals surface area contributed by atoms with E-state index in [4.69, 9.17) is 4.74 Å². The first-order valence-corrected chi connectivity index (χ1v) is 3.91. The lowest BCUT2D eigenvalue weighted by atomic mass is 9.97. The van der Waals surface area contributed by atoms with E-state index in [9.17, 15) is 4.79 Å². The molecule has 2 unspecified atom stereocenters. The molecule has 12 heavy (non-hydrogen) atoms. The fraction of sp³-hybridized carbons (Fsp3) is 0.333. The number of nitrogens with zero attached hydrogens (tertiary/aromatic N) is 1. The zero-order chi connectivity index (χ0) is 8.39. The van der Waals surface area contributed by atoms with Crippen LogP contribution in [-0.4, -0.2) is 24.8 Å². The van der Waals surface area contributed by atoms with E-state index in [-0.39, 0.29) is 17.9 Å². The molecule has 0 aromatic carbocycles. The summed E-state index contributed by atoms with van der Waals surface area (Å²) < 4.78 is 5.37. The number of rotatable bonds is 0. The SMILES string of the molecule is O=C1N=CCOC2C=CC=CC12. The van der Waals surface area contributed by atoms with Crippen molar-refractivity contribution in [1.29, 1.82) is 0 Å². The van der Waals surface area contributed by atoms with Gasteiger partial charge in [-0.15, -0.1) is 0 Å². The molecule has 3 nitrogen and oxygen atoms in total. The number of hydrogen-bond acceptors (Lipinski definition) is 2. The predicted molar refractivity (Wildman–Crippen MR) is 45.0 cm³/mol. The highest BCUT2D eigenvalue weighted by molar-refractivity contribution is 5.89. The lowest BCUT2D eigenvalue weighted by Gasteiger charge is -2.18. The molecule has 0 N–H and O–H groups in total. The molecule has 0 saturated heterocycles. The van der Waals surface area contributed by atoms with Crippen LogP contribution in [0.15, 0.2) is 29.3 Å². The zero-order valence-electron chi connectivity index (χ0n) is 6.51. The maximum Gasteiger partial charge on any atom is 0.255 e. The van der Waals surface area contributed by atoms with Crippen LogP contribution >= 0.6 is 0 Å². The van der Waals surface area contributed by atoms with Crippen LogP contribution in [-0.2, 0) is 9.53 Å². The second-order valence-corrected chi connectivity index (χ2v) is 2.74. The Morgan fingerprint density at radius 3 is 3.17 bits per heavy atom. The molecule has 1 amide bonds. The van der Waals surface area contributed by atoms with Crippen LogP contribution in [0.1, 0.15) is 0 Å². The van der Waals surface area contributed by atoms with Gasteiger partial charge >= 0.3 is 0 Å². The summed E-state index contributed by atoms with van der Waals surface area (Å²) in [7, 11) is 0. The average molecular weight is 163 g/mol. The number of ether oxygens (including phenoxy) is 1. The summed E-state index contributed by atoms with van der Waals surface area (Å²) in [4.78, 5) is 15.0. The first-order chi connectivity index (χ1) is 5.88. The Bertz CT molecular complexity index is 278. The fourth-order valence-electron chi connectivity index (χ4n) is 1.34. The highest BCUT2D eigenvalue weighted by Gasteiger charge is 2.27. The molecular formula is C9H9NO2. The van der Waals surface area contributed by atoms with Crippen molar-refractivity contribution in [3.05, 3.63) is 24.3 Å².